The zero-order valence-electron chi connectivity index (χ0n) is 11.0. The molecule has 1 aromatic rings. The Morgan fingerprint density at radius 3 is 2.56 bits per heavy atom. The number of nitrogens with one attached hydrogen (secondary N) is 1. The number of benzene rings is 1. The van der Waals surface area contributed by atoms with Crippen LogP contribution in [0.2, 0.25) is 0 Å². The molecule has 0 atom stereocenters. The molecule has 1 amide bonds. The molecular weight excluding hydrogens is 244 g/mol. The van der Waals surface area contributed by atoms with Crippen molar-refractivity contribution < 1.29 is 4.79 Å². The molecule has 1 saturated heterocycles. The summed E-state index contributed by atoms with van der Waals surface area (Å²) >= 11 is 1.73. The standard InChI is InChI=1S/C14H20N2OS/c1-16(14(17)7-12-8-15-9-12)10-11-3-5-13(18-2)6-4-11/h3-6,12,15H,7-10H2,1-2H3. The molecule has 0 saturated carbocycles. The van der Waals surface area contributed by atoms with Gasteiger partial charge in [0.15, 0.2) is 0 Å². The molecule has 0 radical (unpaired) electrons. The molecular formula is C14H20N2OS. The van der Waals surface area contributed by atoms with Crippen LogP contribution in [0.5, 0.6) is 0 Å². The lowest BCUT2D eigenvalue weighted by atomic mass is 9.99. The van der Waals surface area contributed by atoms with Crippen LogP contribution >= 0.6 is 11.8 Å². The molecule has 2 rings (SSSR count). The first-order chi connectivity index (χ1) is 8.69. The summed E-state index contributed by atoms with van der Waals surface area (Å²) in [5.74, 6) is 0.786. The fourth-order valence-electron chi connectivity index (χ4n) is 1.99. The van der Waals surface area contributed by atoms with E-state index in [4.69, 9.17) is 0 Å². The van der Waals surface area contributed by atoms with Crippen LogP contribution in [0, 0.1) is 5.92 Å². The van der Waals surface area contributed by atoms with Gasteiger partial charge >= 0.3 is 0 Å². The molecule has 0 aromatic heterocycles. The minimum absolute atomic E-state index is 0.246. The van der Waals surface area contributed by atoms with Crippen LogP contribution in [0.1, 0.15) is 12.0 Å². The Morgan fingerprint density at radius 1 is 1.39 bits per heavy atom. The van der Waals surface area contributed by atoms with E-state index in [-0.39, 0.29) is 5.91 Å². The molecule has 1 fully saturated rings. The van der Waals surface area contributed by atoms with Gasteiger partial charge < -0.3 is 10.2 Å². The van der Waals surface area contributed by atoms with Crippen molar-refractivity contribution in [2.45, 2.75) is 17.9 Å². The third-order valence-electron chi connectivity index (χ3n) is 3.33. The van der Waals surface area contributed by atoms with Gasteiger partial charge in [0.25, 0.3) is 0 Å². The van der Waals surface area contributed by atoms with Gasteiger partial charge in [-0.15, -0.1) is 11.8 Å². The van der Waals surface area contributed by atoms with E-state index in [0.29, 0.717) is 18.9 Å². The van der Waals surface area contributed by atoms with Crippen LogP contribution in [0.15, 0.2) is 29.2 Å². The Hall–Kier alpha value is -1.00. The van der Waals surface area contributed by atoms with Gasteiger partial charge in [0.1, 0.15) is 0 Å². The maximum atomic E-state index is 12.0. The summed E-state index contributed by atoms with van der Waals surface area (Å²) in [6.45, 7) is 2.68. The molecule has 1 heterocycles. The van der Waals surface area contributed by atoms with Gasteiger partial charge in [-0.3, -0.25) is 4.79 Å². The van der Waals surface area contributed by atoms with Crippen molar-refractivity contribution in [2.75, 3.05) is 26.4 Å². The minimum atomic E-state index is 0.246. The van der Waals surface area contributed by atoms with Gasteiger partial charge in [0, 0.05) is 24.9 Å². The summed E-state index contributed by atoms with van der Waals surface area (Å²) in [6.07, 6.45) is 2.74. The molecule has 4 heteroatoms. The van der Waals surface area contributed by atoms with E-state index in [9.17, 15) is 4.79 Å². The fourth-order valence-corrected chi connectivity index (χ4v) is 2.40. The Bertz CT molecular complexity index is 401. The van der Waals surface area contributed by atoms with Crippen molar-refractivity contribution in [3.63, 3.8) is 0 Å². The SMILES string of the molecule is CSc1ccc(CN(C)C(=O)CC2CNC2)cc1. The van der Waals surface area contributed by atoms with Gasteiger partial charge in [-0.2, -0.15) is 0 Å². The lowest BCUT2D eigenvalue weighted by Crippen LogP contribution is -2.44. The number of amides is 1. The number of hydrogen-bond acceptors (Lipinski definition) is 3. The zero-order valence-corrected chi connectivity index (χ0v) is 11.8. The Morgan fingerprint density at radius 2 is 2.06 bits per heavy atom. The second-order valence-corrected chi connectivity index (χ2v) is 5.71. The molecule has 98 valence electrons. The quantitative estimate of drug-likeness (QED) is 0.825. The fraction of sp³-hybridized carbons (Fsp3) is 0.500. The smallest absolute Gasteiger partial charge is 0.222 e. The summed E-state index contributed by atoms with van der Waals surface area (Å²) in [5, 5.41) is 3.19. The van der Waals surface area contributed by atoms with E-state index < -0.39 is 0 Å². The van der Waals surface area contributed by atoms with Gasteiger partial charge in [0.2, 0.25) is 5.91 Å². The Labute approximate surface area is 113 Å². The molecule has 1 N–H and O–H groups in total. The van der Waals surface area contributed by atoms with Gasteiger partial charge in [-0.1, -0.05) is 12.1 Å². The largest absolute Gasteiger partial charge is 0.341 e. The van der Waals surface area contributed by atoms with E-state index in [1.54, 1.807) is 11.8 Å². The van der Waals surface area contributed by atoms with Gasteiger partial charge in [-0.05, 0) is 43.0 Å². The summed E-state index contributed by atoms with van der Waals surface area (Å²) in [4.78, 5) is 15.1. The number of nitrogens with zero attached hydrogens (tertiary/aromatic N) is 1. The molecule has 1 aliphatic rings. The van der Waals surface area contributed by atoms with Crippen molar-refractivity contribution >= 4 is 17.7 Å². The highest BCUT2D eigenvalue weighted by Gasteiger charge is 2.21. The number of thioether (sulfide) groups is 1. The zero-order chi connectivity index (χ0) is 13.0. The maximum absolute atomic E-state index is 12.0. The first-order valence-electron chi connectivity index (χ1n) is 6.26. The lowest BCUT2D eigenvalue weighted by molar-refractivity contribution is -0.131. The summed E-state index contributed by atoms with van der Waals surface area (Å²) < 4.78 is 0. The van der Waals surface area contributed by atoms with E-state index >= 15 is 0 Å². The molecule has 0 aliphatic carbocycles. The number of hydrogen-bond donors (Lipinski definition) is 1. The second-order valence-electron chi connectivity index (χ2n) is 4.83. The molecule has 1 aliphatic heterocycles. The molecule has 0 spiro atoms. The van der Waals surface area contributed by atoms with Crippen molar-refractivity contribution in [1.82, 2.24) is 10.2 Å². The molecule has 0 unspecified atom stereocenters. The molecule has 18 heavy (non-hydrogen) atoms. The normalized spacial score (nSPS) is 15.2. The third-order valence-corrected chi connectivity index (χ3v) is 4.08. The van der Waals surface area contributed by atoms with Crippen LogP contribution in [0.25, 0.3) is 0 Å². The third kappa shape index (κ3) is 3.50. The van der Waals surface area contributed by atoms with Gasteiger partial charge in [0.05, 0.1) is 0 Å². The summed E-state index contributed by atoms with van der Waals surface area (Å²) in [6, 6.07) is 8.41. The van der Waals surface area contributed by atoms with Gasteiger partial charge in [-0.25, -0.2) is 0 Å². The van der Waals surface area contributed by atoms with E-state index in [1.807, 2.05) is 11.9 Å². The van der Waals surface area contributed by atoms with Crippen LogP contribution in [0.4, 0.5) is 0 Å². The predicted molar refractivity (Wildman–Crippen MR) is 75.7 cm³/mol. The second kappa shape index (κ2) is 6.25. The van der Waals surface area contributed by atoms with E-state index in [0.717, 1.165) is 13.1 Å². The van der Waals surface area contributed by atoms with E-state index in [2.05, 4.69) is 35.8 Å². The molecule has 3 nitrogen and oxygen atoms in total. The molecule has 1 aromatic carbocycles. The van der Waals surface area contributed by atoms with Crippen LogP contribution in [-0.4, -0.2) is 37.2 Å². The van der Waals surface area contributed by atoms with Crippen molar-refractivity contribution in [2.24, 2.45) is 5.92 Å². The summed E-state index contributed by atoms with van der Waals surface area (Å²) in [5.41, 5.74) is 1.19. The van der Waals surface area contributed by atoms with Crippen molar-refractivity contribution in [1.29, 1.82) is 0 Å². The lowest BCUT2D eigenvalue weighted by Gasteiger charge is -2.28. The monoisotopic (exact) mass is 264 g/mol. The first kappa shape index (κ1) is 13.4. The highest BCUT2D eigenvalue weighted by atomic mass is 32.2. The first-order valence-corrected chi connectivity index (χ1v) is 7.49. The minimum Gasteiger partial charge on any atom is -0.341 e. The average Bonchev–Trinajstić information content (AvgIpc) is 2.34. The Balaban J connectivity index is 1.84. The van der Waals surface area contributed by atoms with Crippen molar-refractivity contribution in [3.05, 3.63) is 29.8 Å². The highest BCUT2D eigenvalue weighted by Crippen LogP contribution is 2.16. The topological polar surface area (TPSA) is 32.3 Å². The summed E-state index contributed by atoms with van der Waals surface area (Å²) in [7, 11) is 1.89. The van der Waals surface area contributed by atoms with Crippen LogP contribution in [0.3, 0.4) is 0 Å². The van der Waals surface area contributed by atoms with E-state index in [1.165, 1.54) is 10.5 Å². The van der Waals surface area contributed by atoms with Crippen LogP contribution in [-0.2, 0) is 11.3 Å². The average molecular weight is 264 g/mol. The number of carbonyl (C=O) groups excluding carboxylic acids is 1. The number of carbonyl (C=O) groups is 1. The highest BCUT2D eigenvalue weighted by molar-refractivity contribution is 7.98. The Kier molecular flexibility index (Phi) is 4.66. The predicted octanol–water partition coefficient (Wildman–Crippen LogP) is 1.98. The maximum Gasteiger partial charge on any atom is 0.222 e. The number of rotatable bonds is 5. The van der Waals surface area contributed by atoms with Crippen molar-refractivity contribution in [3.8, 4) is 0 Å². The molecule has 0 bridgehead atoms. The van der Waals surface area contributed by atoms with Crippen LogP contribution < -0.4 is 5.32 Å².